The van der Waals surface area contributed by atoms with Crippen LogP contribution in [-0.2, 0) is 0 Å². The molecule has 0 spiro atoms. The minimum atomic E-state index is -0.362. The first-order valence-electron chi connectivity index (χ1n) is 6.37. The largest absolute Gasteiger partial charge is 0.506 e. The molecule has 0 aliphatic carbocycles. The van der Waals surface area contributed by atoms with E-state index in [0.29, 0.717) is 22.7 Å². The number of nitrogens with zero attached hydrogens (tertiary/aromatic N) is 3. The highest BCUT2D eigenvalue weighted by Crippen LogP contribution is 2.32. The average molecular weight is 342 g/mol. The Labute approximate surface area is 136 Å². The number of hydrazone groups is 1. The fraction of sp³-hybridized carbons (Fsp3) is 0.231. The van der Waals surface area contributed by atoms with Crippen LogP contribution in [0.5, 0.6) is 5.75 Å². The summed E-state index contributed by atoms with van der Waals surface area (Å²) in [5.41, 5.74) is 3.37. The summed E-state index contributed by atoms with van der Waals surface area (Å²) in [6.07, 6.45) is 0.487. The molecule has 0 aliphatic rings. The second-order valence-corrected chi connectivity index (χ2v) is 5.24. The summed E-state index contributed by atoms with van der Waals surface area (Å²) in [5.74, 6) is -0.0221. The van der Waals surface area contributed by atoms with Crippen LogP contribution in [0.1, 0.15) is 24.6 Å². The smallest absolute Gasteiger partial charge is 0.274 e. The van der Waals surface area contributed by atoms with E-state index in [0.717, 1.165) is 0 Å². The highest BCUT2D eigenvalue weighted by Gasteiger charge is 2.13. The molecule has 116 valence electrons. The van der Waals surface area contributed by atoms with Gasteiger partial charge in [0, 0.05) is 10.6 Å². The van der Waals surface area contributed by atoms with Crippen molar-refractivity contribution in [2.45, 2.75) is 20.3 Å². The van der Waals surface area contributed by atoms with Crippen molar-refractivity contribution >= 4 is 34.9 Å². The van der Waals surface area contributed by atoms with Crippen LogP contribution >= 0.6 is 23.2 Å². The first kappa shape index (κ1) is 16.3. The maximum atomic E-state index is 11.4. The van der Waals surface area contributed by atoms with Crippen LogP contribution in [0.3, 0.4) is 0 Å². The van der Waals surface area contributed by atoms with Crippen molar-refractivity contribution in [3.63, 3.8) is 0 Å². The topological polar surface area (TPSA) is 103 Å². The quantitative estimate of drug-likeness (QED) is 0.585. The maximum Gasteiger partial charge on any atom is 0.274 e. The van der Waals surface area contributed by atoms with Gasteiger partial charge in [0.1, 0.15) is 11.4 Å². The number of anilines is 1. The van der Waals surface area contributed by atoms with Crippen LogP contribution in [0.25, 0.3) is 0 Å². The van der Waals surface area contributed by atoms with Crippen molar-refractivity contribution in [3.05, 3.63) is 43.8 Å². The third-order valence-corrected chi connectivity index (χ3v) is 3.34. The number of phenols is 1. The third-order valence-electron chi connectivity index (χ3n) is 2.83. The van der Waals surface area contributed by atoms with Gasteiger partial charge < -0.3 is 5.11 Å². The fourth-order valence-electron chi connectivity index (χ4n) is 1.68. The molecule has 22 heavy (non-hydrogen) atoms. The van der Waals surface area contributed by atoms with Gasteiger partial charge in [-0.2, -0.15) is 5.10 Å². The number of rotatable bonds is 4. The number of hydrogen-bond donors (Lipinski definition) is 3. The Morgan fingerprint density at radius 3 is 2.77 bits per heavy atom. The van der Waals surface area contributed by atoms with E-state index in [9.17, 15) is 9.90 Å². The molecule has 0 atom stereocenters. The molecule has 1 aromatic heterocycles. The Morgan fingerprint density at radius 1 is 1.41 bits per heavy atom. The molecule has 1 heterocycles. The summed E-state index contributed by atoms with van der Waals surface area (Å²) < 4.78 is 0. The van der Waals surface area contributed by atoms with E-state index in [-0.39, 0.29) is 28.0 Å². The Hall–Kier alpha value is -2.12. The number of halogens is 2. The molecule has 0 amide bonds. The predicted octanol–water partition coefficient (Wildman–Crippen LogP) is 2.71. The first-order chi connectivity index (χ1) is 10.4. The van der Waals surface area contributed by atoms with Crippen molar-refractivity contribution in [1.82, 2.24) is 15.2 Å². The lowest BCUT2D eigenvalue weighted by Crippen LogP contribution is -2.16. The summed E-state index contributed by atoms with van der Waals surface area (Å²) in [4.78, 5) is 13.9. The zero-order valence-electron chi connectivity index (χ0n) is 11.8. The van der Waals surface area contributed by atoms with E-state index in [1.807, 2.05) is 6.92 Å². The fourth-order valence-corrected chi connectivity index (χ4v) is 2.17. The number of aromatic hydroxyl groups is 1. The predicted molar refractivity (Wildman–Crippen MR) is 86.0 cm³/mol. The van der Waals surface area contributed by atoms with Crippen molar-refractivity contribution in [2.75, 3.05) is 5.43 Å². The zero-order chi connectivity index (χ0) is 16.3. The molecular weight excluding hydrogens is 329 g/mol. The van der Waals surface area contributed by atoms with Gasteiger partial charge in [0.2, 0.25) is 5.95 Å². The maximum absolute atomic E-state index is 11.4. The van der Waals surface area contributed by atoms with E-state index >= 15 is 0 Å². The van der Waals surface area contributed by atoms with Crippen LogP contribution < -0.4 is 11.0 Å². The second kappa shape index (κ2) is 6.76. The summed E-state index contributed by atoms with van der Waals surface area (Å²) in [5, 5.41) is 22.1. The molecule has 7 nitrogen and oxygen atoms in total. The van der Waals surface area contributed by atoms with E-state index in [1.165, 1.54) is 6.07 Å². The van der Waals surface area contributed by atoms with E-state index in [4.69, 9.17) is 23.2 Å². The second-order valence-electron chi connectivity index (χ2n) is 4.40. The molecule has 1 aromatic carbocycles. The van der Waals surface area contributed by atoms with Gasteiger partial charge in [0.15, 0.2) is 0 Å². The SMILES string of the molecule is CC/C(=N\Nc1nnc(C)c(=O)[nH]1)c1cc(Cl)cc(Cl)c1O. The van der Waals surface area contributed by atoms with Gasteiger partial charge >= 0.3 is 0 Å². The molecule has 0 aliphatic heterocycles. The van der Waals surface area contributed by atoms with Gasteiger partial charge in [-0.1, -0.05) is 30.1 Å². The van der Waals surface area contributed by atoms with E-state index in [1.54, 1.807) is 13.0 Å². The van der Waals surface area contributed by atoms with E-state index in [2.05, 4.69) is 25.7 Å². The molecule has 0 unspecified atom stereocenters. The van der Waals surface area contributed by atoms with Gasteiger partial charge in [-0.25, -0.2) is 5.43 Å². The van der Waals surface area contributed by atoms with Crippen LogP contribution in [0.4, 0.5) is 5.95 Å². The Morgan fingerprint density at radius 2 is 2.14 bits per heavy atom. The number of aromatic amines is 1. The van der Waals surface area contributed by atoms with Gasteiger partial charge in [-0.05, 0) is 25.5 Å². The van der Waals surface area contributed by atoms with E-state index < -0.39 is 0 Å². The number of hydrogen-bond acceptors (Lipinski definition) is 6. The first-order valence-corrected chi connectivity index (χ1v) is 7.12. The average Bonchev–Trinajstić information content (AvgIpc) is 2.48. The molecular formula is C13H13Cl2N5O2. The summed E-state index contributed by atoms with van der Waals surface area (Å²) >= 11 is 11.8. The molecule has 3 N–H and O–H groups in total. The lowest BCUT2D eigenvalue weighted by molar-refractivity contribution is 0.474. The molecule has 0 saturated heterocycles. The lowest BCUT2D eigenvalue weighted by Gasteiger charge is -2.09. The molecule has 2 aromatic rings. The highest BCUT2D eigenvalue weighted by molar-refractivity contribution is 6.36. The molecule has 0 bridgehead atoms. The van der Waals surface area contributed by atoms with Gasteiger partial charge in [-0.3, -0.25) is 9.78 Å². The number of benzene rings is 1. The minimum Gasteiger partial charge on any atom is -0.506 e. The molecule has 2 rings (SSSR count). The van der Waals surface area contributed by atoms with Crippen molar-refractivity contribution in [1.29, 1.82) is 0 Å². The monoisotopic (exact) mass is 341 g/mol. The Bertz CT molecular complexity index is 788. The Balaban J connectivity index is 2.35. The number of phenolic OH excluding ortho intramolecular Hbond substituents is 1. The highest BCUT2D eigenvalue weighted by atomic mass is 35.5. The van der Waals surface area contributed by atoms with Crippen molar-refractivity contribution in [3.8, 4) is 5.75 Å². The Kier molecular flexibility index (Phi) is 4.99. The molecule has 0 saturated carbocycles. The number of aromatic nitrogens is 3. The van der Waals surface area contributed by atoms with Crippen molar-refractivity contribution in [2.24, 2.45) is 5.10 Å². The van der Waals surface area contributed by atoms with Crippen molar-refractivity contribution < 1.29 is 5.11 Å². The summed E-state index contributed by atoms with van der Waals surface area (Å²) in [7, 11) is 0. The van der Waals surface area contributed by atoms with Gasteiger partial charge in [-0.15, -0.1) is 10.2 Å². The number of aryl methyl sites for hydroxylation is 1. The molecule has 9 heteroatoms. The standard InChI is InChI=1S/C13H13Cl2N5O2/c1-3-10(8-4-7(14)5-9(15)11(8)21)18-20-13-16-12(22)6(2)17-19-13/h4-5,21H,3H2,1-2H3,(H2,16,19,20,22)/b18-10+. The third kappa shape index (κ3) is 3.55. The molecule has 0 fully saturated rings. The van der Waals surface area contributed by atoms with Crippen LogP contribution in [0, 0.1) is 6.92 Å². The minimum absolute atomic E-state index is 0.0918. The number of nitrogens with one attached hydrogen (secondary N) is 2. The normalized spacial score (nSPS) is 11.5. The zero-order valence-corrected chi connectivity index (χ0v) is 13.3. The summed E-state index contributed by atoms with van der Waals surface area (Å²) in [6, 6.07) is 2.99. The van der Waals surface area contributed by atoms with Crippen LogP contribution in [0.15, 0.2) is 22.0 Å². The van der Waals surface area contributed by atoms with Crippen LogP contribution in [-0.4, -0.2) is 26.0 Å². The van der Waals surface area contributed by atoms with Gasteiger partial charge in [0.25, 0.3) is 5.56 Å². The number of H-pyrrole nitrogens is 1. The lowest BCUT2D eigenvalue weighted by atomic mass is 10.1. The van der Waals surface area contributed by atoms with Crippen LogP contribution in [0.2, 0.25) is 10.0 Å². The molecule has 0 radical (unpaired) electrons. The summed E-state index contributed by atoms with van der Waals surface area (Å²) in [6.45, 7) is 3.39. The van der Waals surface area contributed by atoms with Gasteiger partial charge in [0.05, 0.1) is 10.7 Å².